The van der Waals surface area contributed by atoms with Crippen LogP contribution < -0.4 is 5.32 Å². The Labute approximate surface area is 86.1 Å². The first-order valence-corrected chi connectivity index (χ1v) is 4.54. The molecular formula is C8H14BrNO3. The van der Waals surface area contributed by atoms with Gasteiger partial charge in [0.25, 0.3) is 0 Å². The summed E-state index contributed by atoms with van der Waals surface area (Å²) in [7, 11) is 1.24. The number of aliphatic hydroxyl groups is 1. The van der Waals surface area contributed by atoms with Crippen LogP contribution in [0, 0.1) is 0 Å². The van der Waals surface area contributed by atoms with Crippen LogP contribution in [0.1, 0.15) is 6.92 Å². The topological polar surface area (TPSA) is 58.6 Å². The van der Waals surface area contributed by atoms with E-state index in [1.807, 2.05) is 0 Å². The molecule has 0 bridgehead atoms. The third-order valence-corrected chi connectivity index (χ3v) is 1.69. The SMILES string of the molecule is C=C(Br)CNCC(C)(O)C(=O)OC. The molecule has 0 aromatic rings. The van der Waals surface area contributed by atoms with E-state index in [-0.39, 0.29) is 6.54 Å². The minimum absolute atomic E-state index is 0.129. The normalized spacial score (nSPS) is 14.8. The number of rotatable bonds is 5. The van der Waals surface area contributed by atoms with E-state index in [1.165, 1.54) is 14.0 Å². The summed E-state index contributed by atoms with van der Waals surface area (Å²) in [6, 6.07) is 0. The maximum absolute atomic E-state index is 11.0. The molecular weight excluding hydrogens is 238 g/mol. The molecule has 0 fully saturated rings. The lowest BCUT2D eigenvalue weighted by Crippen LogP contribution is -2.45. The van der Waals surface area contributed by atoms with E-state index in [4.69, 9.17) is 0 Å². The summed E-state index contributed by atoms with van der Waals surface area (Å²) < 4.78 is 5.17. The van der Waals surface area contributed by atoms with Crippen LogP contribution in [-0.2, 0) is 9.53 Å². The number of nitrogens with one attached hydrogen (secondary N) is 1. The lowest BCUT2D eigenvalue weighted by molar-refractivity contribution is -0.159. The molecule has 0 spiro atoms. The first-order valence-electron chi connectivity index (χ1n) is 3.75. The van der Waals surface area contributed by atoms with Crippen LogP contribution in [-0.4, -0.2) is 36.9 Å². The van der Waals surface area contributed by atoms with Gasteiger partial charge < -0.3 is 15.2 Å². The first-order chi connectivity index (χ1) is 5.90. The summed E-state index contributed by atoms with van der Waals surface area (Å²) in [6.45, 7) is 5.61. The van der Waals surface area contributed by atoms with E-state index >= 15 is 0 Å². The molecule has 13 heavy (non-hydrogen) atoms. The minimum atomic E-state index is -1.49. The number of carbonyl (C=O) groups is 1. The summed E-state index contributed by atoms with van der Waals surface area (Å²) >= 11 is 3.14. The van der Waals surface area contributed by atoms with Crippen molar-refractivity contribution in [1.82, 2.24) is 5.32 Å². The van der Waals surface area contributed by atoms with Crippen molar-refractivity contribution >= 4 is 21.9 Å². The summed E-state index contributed by atoms with van der Waals surface area (Å²) in [6.07, 6.45) is 0. The van der Waals surface area contributed by atoms with Gasteiger partial charge in [-0.1, -0.05) is 22.5 Å². The number of hydrogen-bond acceptors (Lipinski definition) is 4. The van der Waals surface area contributed by atoms with Crippen LogP contribution in [0.3, 0.4) is 0 Å². The average Bonchev–Trinajstić information content (AvgIpc) is 2.01. The average molecular weight is 252 g/mol. The number of ether oxygens (including phenoxy) is 1. The van der Waals surface area contributed by atoms with E-state index in [0.29, 0.717) is 6.54 Å². The monoisotopic (exact) mass is 251 g/mol. The summed E-state index contributed by atoms with van der Waals surface area (Å²) in [5.41, 5.74) is -1.49. The fourth-order valence-electron chi connectivity index (χ4n) is 0.734. The van der Waals surface area contributed by atoms with Crippen molar-refractivity contribution in [2.75, 3.05) is 20.2 Å². The van der Waals surface area contributed by atoms with Crippen molar-refractivity contribution in [2.24, 2.45) is 0 Å². The molecule has 0 aromatic heterocycles. The van der Waals surface area contributed by atoms with Crippen LogP contribution in [0.2, 0.25) is 0 Å². The Kier molecular flexibility index (Phi) is 5.20. The highest BCUT2D eigenvalue weighted by atomic mass is 79.9. The highest BCUT2D eigenvalue weighted by Crippen LogP contribution is 2.04. The molecule has 1 unspecified atom stereocenters. The van der Waals surface area contributed by atoms with Gasteiger partial charge in [-0.25, -0.2) is 4.79 Å². The van der Waals surface area contributed by atoms with Gasteiger partial charge in [-0.15, -0.1) is 0 Å². The van der Waals surface area contributed by atoms with Gasteiger partial charge in [0.05, 0.1) is 7.11 Å². The fraction of sp³-hybridized carbons (Fsp3) is 0.625. The molecule has 4 nitrogen and oxygen atoms in total. The summed E-state index contributed by atoms with van der Waals surface area (Å²) in [5.74, 6) is -0.653. The molecule has 0 aromatic carbocycles. The van der Waals surface area contributed by atoms with Crippen molar-refractivity contribution in [2.45, 2.75) is 12.5 Å². The molecule has 0 rings (SSSR count). The minimum Gasteiger partial charge on any atom is -0.467 e. The zero-order chi connectivity index (χ0) is 10.5. The highest BCUT2D eigenvalue weighted by molar-refractivity contribution is 9.11. The smallest absolute Gasteiger partial charge is 0.338 e. The van der Waals surface area contributed by atoms with E-state index in [2.05, 4.69) is 32.6 Å². The van der Waals surface area contributed by atoms with Gasteiger partial charge in [0.2, 0.25) is 0 Å². The van der Waals surface area contributed by atoms with Crippen molar-refractivity contribution in [3.63, 3.8) is 0 Å². The van der Waals surface area contributed by atoms with Crippen molar-refractivity contribution in [3.8, 4) is 0 Å². The molecule has 76 valence electrons. The lowest BCUT2D eigenvalue weighted by Gasteiger charge is -2.20. The number of halogens is 1. The van der Waals surface area contributed by atoms with E-state index in [0.717, 1.165) is 4.48 Å². The molecule has 0 aliphatic carbocycles. The van der Waals surface area contributed by atoms with Crippen LogP contribution in [0.25, 0.3) is 0 Å². The van der Waals surface area contributed by atoms with Crippen molar-refractivity contribution < 1.29 is 14.6 Å². The van der Waals surface area contributed by atoms with Gasteiger partial charge in [-0.05, 0) is 6.92 Å². The number of methoxy groups -OCH3 is 1. The zero-order valence-corrected chi connectivity index (χ0v) is 9.35. The Morgan fingerprint density at radius 3 is 2.69 bits per heavy atom. The number of esters is 1. The van der Waals surface area contributed by atoms with Crippen LogP contribution in [0.5, 0.6) is 0 Å². The Hall–Kier alpha value is -0.390. The summed E-state index contributed by atoms with van der Waals surface area (Å²) in [4.78, 5) is 11.0. The second-order valence-corrected chi connectivity index (χ2v) is 4.01. The molecule has 0 saturated heterocycles. The van der Waals surface area contributed by atoms with Gasteiger partial charge in [0, 0.05) is 17.6 Å². The largest absolute Gasteiger partial charge is 0.467 e. The molecule has 0 saturated carbocycles. The molecule has 0 amide bonds. The van der Waals surface area contributed by atoms with Crippen LogP contribution in [0.4, 0.5) is 0 Å². The molecule has 0 heterocycles. The molecule has 5 heteroatoms. The highest BCUT2D eigenvalue weighted by Gasteiger charge is 2.30. The lowest BCUT2D eigenvalue weighted by atomic mass is 10.1. The third-order valence-electron chi connectivity index (χ3n) is 1.41. The molecule has 2 N–H and O–H groups in total. The third kappa shape index (κ3) is 5.02. The zero-order valence-electron chi connectivity index (χ0n) is 7.76. The van der Waals surface area contributed by atoms with E-state index < -0.39 is 11.6 Å². The predicted octanol–water partition coefficient (Wildman–Crippen LogP) is 0.409. The number of hydrogen-bond donors (Lipinski definition) is 2. The van der Waals surface area contributed by atoms with Gasteiger partial charge in [0.1, 0.15) is 0 Å². The quantitative estimate of drug-likeness (QED) is 0.696. The van der Waals surface area contributed by atoms with Gasteiger partial charge in [0.15, 0.2) is 5.60 Å². The fourth-order valence-corrected chi connectivity index (χ4v) is 0.932. The maximum atomic E-state index is 11.0. The Morgan fingerprint density at radius 1 is 1.77 bits per heavy atom. The van der Waals surface area contributed by atoms with E-state index in [1.54, 1.807) is 0 Å². The van der Waals surface area contributed by atoms with Gasteiger partial charge in [-0.3, -0.25) is 0 Å². The van der Waals surface area contributed by atoms with Gasteiger partial charge >= 0.3 is 5.97 Å². The molecule has 0 aliphatic heterocycles. The second-order valence-electron chi connectivity index (χ2n) is 2.89. The molecule has 0 aliphatic rings. The van der Waals surface area contributed by atoms with Crippen LogP contribution >= 0.6 is 15.9 Å². The predicted molar refractivity (Wildman–Crippen MR) is 53.6 cm³/mol. The first kappa shape index (κ1) is 12.6. The Morgan fingerprint density at radius 2 is 2.31 bits per heavy atom. The maximum Gasteiger partial charge on any atom is 0.338 e. The van der Waals surface area contributed by atoms with Crippen molar-refractivity contribution in [3.05, 3.63) is 11.1 Å². The molecule has 0 radical (unpaired) electrons. The van der Waals surface area contributed by atoms with Crippen LogP contribution in [0.15, 0.2) is 11.1 Å². The summed E-state index contributed by atoms with van der Waals surface area (Å²) in [5, 5.41) is 12.4. The second kappa shape index (κ2) is 5.36. The Balaban J connectivity index is 3.89. The standard InChI is InChI=1S/C8H14BrNO3/c1-6(9)4-10-5-8(2,12)7(11)13-3/h10,12H,1,4-5H2,2-3H3. The van der Waals surface area contributed by atoms with Crippen molar-refractivity contribution in [1.29, 1.82) is 0 Å². The number of carbonyl (C=O) groups excluding carboxylic acids is 1. The van der Waals surface area contributed by atoms with E-state index in [9.17, 15) is 9.90 Å². The molecule has 1 atom stereocenters. The van der Waals surface area contributed by atoms with Gasteiger partial charge in [-0.2, -0.15) is 0 Å². The Bertz CT molecular complexity index is 204.